The summed E-state index contributed by atoms with van der Waals surface area (Å²) >= 11 is 3.91. The van der Waals surface area contributed by atoms with Gasteiger partial charge in [-0.05, 0) is 13.3 Å². The van der Waals surface area contributed by atoms with Crippen LogP contribution in [-0.2, 0) is 0 Å². The first-order chi connectivity index (χ1) is 8.63. The molecule has 1 fully saturated rings. The molecule has 1 aromatic rings. The third-order valence-electron chi connectivity index (χ3n) is 3.28. The lowest BCUT2D eigenvalue weighted by Gasteiger charge is -2.27. The predicted octanol–water partition coefficient (Wildman–Crippen LogP) is 2.85. The molecule has 2 heterocycles. The average Bonchev–Trinajstić information content (AvgIpc) is 2.87. The first kappa shape index (κ1) is 14.2. The fourth-order valence-corrected chi connectivity index (χ4v) is 4.88. The zero-order valence-electron chi connectivity index (χ0n) is 11.0. The summed E-state index contributed by atoms with van der Waals surface area (Å²) in [4.78, 5) is 4.48. The lowest BCUT2D eigenvalue weighted by Crippen LogP contribution is -2.19. The third-order valence-corrected chi connectivity index (χ3v) is 6.52. The summed E-state index contributed by atoms with van der Waals surface area (Å²) in [6.07, 6.45) is 0.659. The Kier molecular flexibility index (Phi) is 4.98. The van der Waals surface area contributed by atoms with Crippen LogP contribution in [0.1, 0.15) is 50.1 Å². The molecule has 0 saturated carbocycles. The van der Waals surface area contributed by atoms with Crippen LogP contribution in [0.25, 0.3) is 0 Å². The molecular weight excluding hydrogens is 268 g/mol. The van der Waals surface area contributed by atoms with E-state index in [1.54, 1.807) is 6.92 Å². The molecule has 4 atom stereocenters. The minimum Gasteiger partial charge on any atom is -0.393 e. The Labute approximate surface area is 116 Å². The zero-order valence-corrected chi connectivity index (χ0v) is 12.6. The van der Waals surface area contributed by atoms with Gasteiger partial charge in [0.05, 0.1) is 17.3 Å². The van der Waals surface area contributed by atoms with Gasteiger partial charge >= 0.3 is 0 Å². The van der Waals surface area contributed by atoms with Gasteiger partial charge in [0, 0.05) is 16.8 Å². The highest BCUT2D eigenvalue weighted by Crippen LogP contribution is 2.43. The number of aliphatic hydroxyl groups is 1. The van der Waals surface area contributed by atoms with Gasteiger partial charge in [0.1, 0.15) is 0 Å². The maximum absolute atomic E-state index is 9.55. The van der Waals surface area contributed by atoms with Crippen molar-refractivity contribution in [2.75, 3.05) is 11.5 Å². The summed E-state index contributed by atoms with van der Waals surface area (Å²) in [6.45, 7) is 5.85. The lowest BCUT2D eigenvalue weighted by molar-refractivity contribution is 0.151. The van der Waals surface area contributed by atoms with Crippen molar-refractivity contribution < 1.29 is 9.63 Å². The fraction of sp³-hybridized carbons (Fsp3) is 0.833. The number of aliphatic hydroxyl groups excluding tert-OH is 1. The molecule has 4 unspecified atom stereocenters. The van der Waals surface area contributed by atoms with Crippen LogP contribution in [0.15, 0.2) is 4.52 Å². The normalized spacial score (nSPS) is 28.0. The number of hydrogen-bond donors (Lipinski definition) is 1. The van der Waals surface area contributed by atoms with E-state index in [4.69, 9.17) is 4.52 Å². The van der Waals surface area contributed by atoms with Gasteiger partial charge in [-0.2, -0.15) is 16.7 Å². The first-order valence-corrected chi connectivity index (χ1v) is 8.48. The van der Waals surface area contributed by atoms with Crippen molar-refractivity contribution >= 4 is 23.5 Å². The molecule has 1 aliphatic heterocycles. The van der Waals surface area contributed by atoms with E-state index < -0.39 is 6.10 Å². The molecular formula is C12H20N2O2S2. The van der Waals surface area contributed by atoms with Crippen LogP contribution in [-0.4, -0.2) is 38.1 Å². The number of aromatic nitrogens is 2. The molecule has 4 nitrogen and oxygen atoms in total. The van der Waals surface area contributed by atoms with Gasteiger partial charge < -0.3 is 9.63 Å². The molecule has 0 amide bonds. The number of thioether (sulfide) groups is 2. The first-order valence-electron chi connectivity index (χ1n) is 6.38. The SMILES string of the molecule is CCC1SCCSC1c1noc(C(C)C(C)O)n1. The summed E-state index contributed by atoms with van der Waals surface area (Å²) in [6, 6.07) is 0. The van der Waals surface area contributed by atoms with E-state index in [-0.39, 0.29) is 5.92 Å². The molecule has 0 spiro atoms. The summed E-state index contributed by atoms with van der Waals surface area (Å²) in [5, 5.41) is 14.6. The molecule has 0 radical (unpaired) electrons. The highest BCUT2D eigenvalue weighted by atomic mass is 32.2. The topological polar surface area (TPSA) is 59.2 Å². The van der Waals surface area contributed by atoms with Crippen molar-refractivity contribution in [3.05, 3.63) is 11.7 Å². The summed E-state index contributed by atoms with van der Waals surface area (Å²) < 4.78 is 5.29. The van der Waals surface area contributed by atoms with Crippen molar-refractivity contribution in [1.29, 1.82) is 0 Å². The standard InChI is InChI=1S/C12H20N2O2S2/c1-4-9-10(18-6-5-17-9)11-13-12(16-14-11)7(2)8(3)15/h7-10,15H,4-6H2,1-3H3. The number of nitrogens with zero attached hydrogens (tertiary/aromatic N) is 2. The Morgan fingerprint density at radius 1 is 1.39 bits per heavy atom. The molecule has 6 heteroatoms. The van der Waals surface area contributed by atoms with Crippen LogP contribution in [0.4, 0.5) is 0 Å². The molecule has 0 aromatic carbocycles. The molecule has 1 N–H and O–H groups in total. The van der Waals surface area contributed by atoms with Crippen molar-refractivity contribution in [2.45, 2.75) is 49.7 Å². The summed E-state index contributed by atoms with van der Waals surface area (Å²) in [7, 11) is 0. The maximum atomic E-state index is 9.55. The quantitative estimate of drug-likeness (QED) is 0.919. The minimum absolute atomic E-state index is 0.104. The number of rotatable bonds is 4. The maximum Gasteiger partial charge on any atom is 0.232 e. The van der Waals surface area contributed by atoms with Gasteiger partial charge in [-0.3, -0.25) is 0 Å². The van der Waals surface area contributed by atoms with Crippen molar-refractivity contribution in [2.24, 2.45) is 0 Å². The van der Waals surface area contributed by atoms with Crippen molar-refractivity contribution in [3.8, 4) is 0 Å². The molecule has 1 aliphatic rings. The van der Waals surface area contributed by atoms with E-state index in [2.05, 4.69) is 17.1 Å². The summed E-state index contributed by atoms with van der Waals surface area (Å²) in [5.74, 6) is 3.58. The lowest BCUT2D eigenvalue weighted by atomic mass is 10.1. The number of hydrogen-bond acceptors (Lipinski definition) is 6. The Balaban J connectivity index is 2.13. The monoisotopic (exact) mass is 288 g/mol. The van der Waals surface area contributed by atoms with Gasteiger partial charge in [0.25, 0.3) is 0 Å². The van der Waals surface area contributed by atoms with E-state index in [1.165, 1.54) is 5.75 Å². The Morgan fingerprint density at radius 2 is 2.11 bits per heavy atom. The van der Waals surface area contributed by atoms with E-state index in [1.807, 2.05) is 30.4 Å². The van der Waals surface area contributed by atoms with Crippen LogP contribution in [0.5, 0.6) is 0 Å². The van der Waals surface area contributed by atoms with Crippen LogP contribution in [0, 0.1) is 0 Å². The molecule has 0 bridgehead atoms. The van der Waals surface area contributed by atoms with E-state index in [0.717, 1.165) is 18.0 Å². The second-order valence-corrected chi connectivity index (χ2v) is 7.23. The molecule has 2 rings (SSSR count). The Bertz CT molecular complexity index is 384. The van der Waals surface area contributed by atoms with Crippen LogP contribution in [0.3, 0.4) is 0 Å². The van der Waals surface area contributed by atoms with E-state index in [9.17, 15) is 5.11 Å². The van der Waals surface area contributed by atoms with Gasteiger partial charge in [-0.15, -0.1) is 11.8 Å². The average molecular weight is 288 g/mol. The van der Waals surface area contributed by atoms with Gasteiger partial charge in [-0.1, -0.05) is 19.0 Å². The second kappa shape index (κ2) is 6.30. The second-order valence-electron chi connectivity index (χ2n) is 4.63. The zero-order chi connectivity index (χ0) is 13.1. The van der Waals surface area contributed by atoms with Crippen LogP contribution >= 0.6 is 23.5 Å². The Morgan fingerprint density at radius 3 is 2.78 bits per heavy atom. The van der Waals surface area contributed by atoms with Crippen molar-refractivity contribution in [1.82, 2.24) is 10.1 Å². The molecule has 1 aromatic heterocycles. The van der Waals surface area contributed by atoms with E-state index >= 15 is 0 Å². The highest BCUT2D eigenvalue weighted by Gasteiger charge is 2.31. The largest absolute Gasteiger partial charge is 0.393 e. The fourth-order valence-electron chi connectivity index (χ4n) is 1.90. The highest BCUT2D eigenvalue weighted by molar-refractivity contribution is 8.06. The van der Waals surface area contributed by atoms with Gasteiger partial charge in [0.2, 0.25) is 5.89 Å². The molecule has 18 heavy (non-hydrogen) atoms. The van der Waals surface area contributed by atoms with E-state index in [0.29, 0.717) is 16.4 Å². The molecule has 0 aliphatic carbocycles. The molecule has 1 saturated heterocycles. The minimum atomic E-state index is -0.464. The predicted molar refractivity (Wildman–Crippen MR) is 76.1 cm³/mol. The smallest absolute Gasteiger partial charge is 0.232 e. The van der Waals surface area contributed by atoms with Crippen molar-refractivity contribution in [3.63, 3.8) is 0 Å². The van der Waals surface area contributed by atoms with Gasteiger partial charge in [-0.25, -0.2) is 0 Å². The van der Waals surface area contributed by atoms with Gasteiger partial charge in [0.15, 0.2) is 5.82 Å². The summed E-state index contributed by atoms with van der Waals surface area (Å²) in [5.41, 5.74) is 0. The van der Waals surface area contributed by atoms with Crippen LogP contribution in [0.2, 0.25) is 0 Å². The molecule has 102 valence electrons. The Hall–Kier alpha value is -0.200. The van der Waals surface area contributed by atoms with Crippen LogP contribution < -0.4 is 0 Å². The third kappa shape index (κ3) is 3.03.